The van der Waals surface area contributed by atoms with E-state index in [0.29, 0.717) is 0 Å². The van der Waals surface area contributed by atoms with Crippen LogP contribution in [0.4, 0.5) is 11.4 Å². The molecule has 0 bridgehead atoms. The summed E-state index contributed by atoms with van der Waals surface area (Å²) in [6.07, 6.45) is 0. The molecule has 2 rings (SSSR count). The van der Waals surface area contributed by atoms with E-state index in [1.165, 1.54) is 0 Å². The number of hydrogen-bond donors (Lipinski definition) is 1. The van der Waals surface area contributed by atoms with Gasteiger partial charge in [-0.05, 0) is 12.1 Å². The highest BCUT2D eigenvalue weighted by molar-refractivity contribution is 7.52. The summed E-state index contributed by atoms with van der Waals surface area (Å²) in [6.45, 7) is 0. The molecule has 0 saturated carbocycles. The van der Waals surface area contributed by atoms with E-state index in [0.717, 1.165) is 36.4 Å². The molecule has 2 N–H and O–H groups in total. The number of nitrogens with zero attached hydrogens (tertiary/aromatic N) is 2. The van der Waals surface area contributed by atoms with Crippen LogP contribution in [0.25, 0.3) is 0 Å². The van der Waals surface area contributed by atoms with Crippen molar-refractivity contribution in [3.05, 3.63) is 66.7 Å². The second-order valence-electron chi connectivity index (χ2n) is 4.47. The lowest BCUT2D eigenvalue weighted by molar-refractivity contribution is -0.385. The molecule has 132 valence electrons. The Bertz CT molecular complexity index is 839. The van der Waals surface area contributed by atoms with Crippen molar-refractivity contribution in [1.29, 1.82) is 0 Å². The fourth-order valence-electron chi connectivity index (χ4n) is 1.65. The topological polar surface area (TPSA) is 148 Å². The molecule has 2 aromatic rings. The van der Waals surface area contributed by atoms with Crippen LogP contribution in [-0.2, 0) is 4.57 Å². The van der Waals surface area contributed by atoms with E-state index in [4.69, 9.17) is 37.8 Å². The highest BCUT2D eigenvalue weighted by atomic mass is 35.5. The predicted molar refractivity (Wildman–Crippen MR) is 89.3 cm³/mol. The summed E-state index contributed by atoms with van der Waals surface area (Å²) in [7, 11) is -4.28. The first kappa shape index (κ1) is 18.9. The standard InChI is InChI=1S/C12H8Cl2N3O7P/c13-9-5-7(16(18)19)1-3-11(9)23-25(15,22)24-12-4-2-8(17(20)21)6-10(12)14/h1-6H,(H2,15,22). The highest BCUT2D eigenvalue weighted by Crippen LogP contribution is 2.46. The number of hydrogen-bond acceptors (Lipinski definition) is 7. The zero-order valence-electron chi connectivity index (χ0n) is 12.0. The second-order valence-corrected chi connectivity index (χ2v) is 6.73. The van der Waals surface area contributed by atoms with E-state index in [2.05, 4.69) is 0 Å². The fraction of sp³-hybridized carbons (Fsp3) is 0. The molecule has 0 atom stereocenters. The Morgan fingerprint density at radius 1 is 0.880 bits per heavy atom. The van der Waals surface area contributed by atoms with Crippen LogP contribution in [0, 0.1) is 20.2 Å². The lowest BCUT2D eigenvalue weighted by Gasteiger charge is -2.16. The van der Waals surface area contributed by atoms with Gasteiger partial charge in [-0.25, -0.2) is 10.1 Å². The van der Waals surface area contributed by atoms with Crippen molar-refractivity contribution in [2.24, 2.45) is 5.50 Å². The molecule has 2 aromatic carbocycles. The smallest absolute Gasteiger partial charge is 0.403 e. The zero-order chi connectivity index (χ0) is 18.8. The van der Waals surface area contributed by atoms with Gasteiger partial charge in [0.15, 0.2) is 11.5 Å². The summed E-state index contributed by atoms with van der Waals surface area (Å²) in [5.74, 6) is -0.424. The normalized spacial score (nSPS) is 11.0. The number of nitro groups is 2. The Morgan fingerprint density at radius 2 is 1.24 bits per heavy atom. The van der Waals surface area contributed by atoms with Gasteiger partial charge in [-0.1, -0.05) is 23.2 Å². The molecule has 13 heteroatoms. The Morgan fingerprint density at radius 3 is 1.52 bits per heavy atom. The molecule has 0 spiro atoms. The largest absolute Gasteiger partial charge is 0.510 e. The summed E-state index contributed by atoms with van der Waals surface area (Å²) in [4.78, 5) is 19.9. The number of benzene rings is 2. The highest BCUT2D eigenvalue weighted by Gasteiger charge is 2.26. The maximum atomic E-state index is 12.2. The van der Waals surface area contributed by atoms with Crippen molar-refractivity contribution in [1.82, 2.24) is 0 Å². The van der Waals surface area contributed by atoms with Crippen LogP contribution in [0.1, 0.15) is 0 Å². The first-order valence-corrected chi connectivity index (χ1v) is 8.61. The van der Waals surface area contributed by atoms with Gasteiger partial charge in [-0.15, -0.1) is 0 Å². The van der Waals surface area contributed by atoms with Crippen LogP contribution in [0.3, 0.4) is 0 Å². The van der Waals surface area contributed by atoms with Crippen molar-refractivity contribution >= 4 is 42.3 Å². The number of halogens is 2. The number of nitro benzene ring substituents is 2. The number of nitrogens with two attached hydrogens (primary N) is 1. The molecule has 0 radical (unpaired) electrons. The minimum absolute atomic E-state index is 0.210. The SMILES string of the molecule is NP(=O)(Oc1ccc([N+](=O)[O-])cc1Cl)Oc1ccc([N+](=O)[O-])cc1Cl. The summed E-state index contributed by atoms with van der Waals surface area (Å²) in [6, 6.07) is 6.30. The fourth-order valence-corrected chi connectivity index (χ4v) is 3.09. The monoisotopic (exact) mass is 407 g/mol. The van der Waals surface area contributed by atoms with Crippen LogP contribution >= 0.6 is 30.9 Å². The maximum Gasteiger partial charge on any atom is 0.510 e. The van der Waals surface area contributed by atoms with E-state index in [9.17, 15) is 24.8 Å². The second kappa shape index (κ2) is 7.24. The van der Waals surface area contributed by atoms with E-state index in [1.54, 1.807) is 0 Å². The Balaban J connectivity index is 2.21. The molecule has 0 heterocycles. The van der Waals surface area contributed by atoms with Gasteiger partial charge < -0.3 is 9.05 Å². The van der Waals surface area contributed by atoms with Crippen LogP contribution in [0.5, 0.6) is 11.5 Å². The van der Waals surface area contributed by atoms with Gasteiger partial charge in [0, 0.05) is 24.3 Å². The molecule has 0 aromatic heterocycles. The van der Waals surface area contributed by atoms with Gasteiger partial charge in [-0.3, -0.25) is 20.2 Å². The molecule has 0 aliphatic carbocycles. The lowest BCUT2D eigenvalue weighted by Crippen LogP contribution is -2.09. The molecule has 0 fully saturated rings. The third-order valence-corrected chi connectivity index (χ3v) is 4.20. The molecule has 0 amide bonds. The van der Waals surface area contributed by atoms with E-state index in [1.807, 2.05) is 0 Å². The molecule has 0 aliphatic heterocycles. The Hall–Kier alpha value is -2.39. The number of non-ortho nitro benzene ring substituents is 2. The molecular formula is C12H8Cl2N3O7P. The minimum atomic E-state index is -4.28. The van der Waals surface area contributed by atoms with Crippen LogP contribution in [-0.4, -0.2) is 9.85 Å². The molecular weight excluding hydrogens is 400 g/mol. The van der Waals surface area contributed by atoms with Crippen LogP contribution < -0.4 is 14.6 Å². The van der Waals surface area contributed by atoms with Gasteiger partial charge in [0.1, 0.15) is 0 Å². The summed E-state index contributed by atoms with van der Waals surface area (Å²) < 4.78 is 22.2. The van der Waals surface area contributed by atoms with E-state index in [-0.39, 0.29) is 32.9 Å². The van der Waals surface area contributed by atoms with Crippen molar-refractivity contribution < 1.29 is 23.5 Å². The summed E-state index contributed by atoms with van der Waals surface area (Å²) in [5, 5.41) is 20.9. The average molecular weight is 408 g/mol. The first-order chi connectivity index (χ1) is 11.6. The minimum Gasteiger partial charge on any atom is -0.403 e. The molecule has 0 unspecified atom stereocenters. The third-order valence-electron chi connectivity index (χ3n) is 2.70. The van der Waals surface area contributed by atoms with Gasteiger partial charge in [0.05, 0.1) is 19.9 Å². The van der Waals surface area contributed by atoms with Crippen molar-refractivity contribution in [2.45, 2.75) is 0 Å². The Kier molecular flexibility index (Phi) is 5.48. The van der Waals surface area contributed by atoms with Crippen LogP contribution in [0.15, 0.2) is 36.4 Å². The first-order valence-electron chi connectivity index (χ1n) is 6.25. The van der Waals surface area contributed by atoms with Gasteiger partial charge >= 0.3 is 7.75 Å². The molecule has 0 aliphatic rings. The van der Waals surface area contributed by atoms with Crippen molar-refractivity contribution in [3.63, 3.8) is 0 Å². The zero-order valence-corrected chi connectivity index (χ0v) is 14.4. The molecule has 25 heavy (non-hydrogen) atoms. The predicted octanol–water partition coefficient (Wildman–Crippen LogP) is 4.33. The quantitative estimate of drug-likeness (QED) is 0.422. The van der Waals surface area contributed by atoms with Gasteiger partial charge in [0.25, 0.3) is 11.4 Å². The van der Waals surface area contributed by atoms with Gasteiger partial charge in [-0.2, -0.15) is 0 Å². The molecule has 10 nitrogen and oxygen atoms in total. The average Bonchev–Trinajstić information content (AvgIpc) is 2.50. The Labute approximate surface area is 149 Å². The third kappa shape index (κ3) is 4.80. The lowest BCUT2D eigenvalue weighted by atomic mass is 10.3. The number of rotatable bonds is 6. The van der Waals surface area contributed by atoms with Crippen molar-refractivity contribution in [2.75, 3.05) is 0 Å². The van der Waals surface area contributed by atoms with E-state index < -0.39 is 17.6 Å². The summed E-state index contributed by atoms with van der Waals surface area (Å²) in [5.41, 5.74) is 4.84. The van der Waals surface area contributed by atoms with E-state index >= 15 is 0 Å². The molecule has 0 saturated heterocycles. The summed E-state index contributed by atoms with van der Waals surface area (Å²) >= 11 is 11.6. The van der Waals surface area contributed by atoms with Crippen LogP contribution in [0.2, 0.25) is 10.0 Å². The maximum absolute atomic E-state index is 12.2. The van der Waals surface area contributed by atoms with Crippen molar-refractivity contribution in [3.8, 4) is 11.5 Å². The van der Waals surface area contributed by atoms with Gasteiger partial charge in [0.2, 0.25) is 0 Å².